The maximum absolute atomic E-state index is 3.40. The van der Waals surface area contributed by atoms with E-state index in [4.69, 9.17) is 0 Å². The Morgan fingerprint density at radius 1 is 0.629 bits per heavy atom. The smallest absolute Gasteiger partial charge is 0.0255 e. The summed E-state index contributed by atoms with van der Waals surface area (Å²) >= 11 is 0. The zero-order chi connectivity index (χ0) is 24.3. The van der Waals surface area contributed by atoms with Gasteiger partial charge in [-0.15, -0.1) is 0 Å². The molecule has 4 rings (SSSR count). The molecule has 0 saturated heterocycles. The van der Waals surface area contributed by atoms with Crippen LogP contribution in [0.1, 0.15) is 119 Å². The van der Waals surface area contributed by atoms with Crippen LogP contribution >= 0.6 is 0 Å². The van der Waals surface area contributed by atoms with Crippen LogP contribution in [0.2, 0.25) is 0 Å². The van der Waals surface area contributed by atoms with E-state index in [1.165, 1.54) is 105 Å². The first-order valence-electron chi connectivity index (χ1n) is 14.4. The molecular weight excluding hydrogens is 420 g/mol. The van der Waals surface area contributed by atoms with Crippen molar-refractivity contribution in [3.05, 3.63) is 82.9 Å². The molecule has 3 aromatic carbocycles. The number of hydrogen-bond acceptors (Lipinski definition) is 0. The number of unbranched alkanes of at least 4 members (excludes halogenated alkanes) is 5. The molecule has 0 nitrogen and oxygen atoms in total. The second-order valence-corrected chi connectivity index (χ2v) is 10.8. The Kier molecular flexibility index (Phi) is 9.89. The molecule has 35 heavy (non-hydrogen) atoms. The SMILES string of the molecule is CCCCCCCCc1ccc2cc(C#Cc3ccc(C4CCC(CCC)CC4)cc3)ccc2c1. The number of benzene rings is 3. The van der Waals surface area contributed by atoms with Crippen molar-refractivity contribution in [1.29, 1.82) is 0 Å². The van der Waals surface area contributed by atoms with Crippen LogP contribution in [-0.4, -0.2) is 0 Å². The van der Waals surface area contributed by atoms with Crippen LogP contribution in [0.3, 0.4) is 0 Å². The summed E-state index contributed by atoms with van der Waals surface area (Å²) in [5, 5.41) is 2.62. The molecule has 0 heterocycles. The fraction of sp³-hybridized carbons (Fsp3) is 0.486. The van der Waals surface area contributed by atoms with Gasteiger partial charge in [0, 0.05) is 11.1 Å². The van der Waals surface area contributed by atoms with Crippen LogP contribution in [0.5, 0.6) is 0 Å². The first kappa shape index (κ1) is 25.6. The van der Waals surface area contributed by atoms with Crippen LogP contribution in [-0.2, 0) is 6.42 Å². The van der Waals surface area contributed by atoms with Gasteiger partial charge in [0.1, 0.15) is 0 Å². The number of fused-ring (bicyclic) bond motifs is 1. The van der Waals surface area contributed by atoms with E-state index in [1.54, 1.807) is 0 Å². The molecule has 0 radical (unpaired) electrons. The lowest BCUT2D eigenvalue weighted by molar-refractivity contribution is 0.308. The number of hydrogen-bond donors (Lipinski definition) is 0. The summed E-state index contributed by atoms with van der Waals surface area (Å²) in [6.07, 6.45) is 17.6. The van der Waals surface area contributed by atoms with E-state index in [0.717, 1.165) is 23.0 Å². The molecule has 3 aromatic rings. The summed E-state index contributed by atoms with van der Waals surface area (Å²) in [6, 6.07) is 22.7. The predicted molar refractivity (Wildman–Crippen MR) is 153 cm³/mol. The quantitative estimate of drug-likeness (QED) is 0.207. The first-order chi connectivity index (χ1) is 17.2. The van der Waals surface area contributed by atoms with Crippen molar-refractivity contribution in [1.82, 2.24) is 0 Å². The summed E-state index contributed by atoms with van der Waals surface area (Å²) in [4.78, 5) is 0. The van der Waals surface area contributed by atoms with Crippen molar-refractivity contribution < 1.29 is 0 Å². The molecule has 1 saturated carbocycles. The van der Waals surface area contributed by atoms with Gasteiger partial charge < -0.3 is 0 Å². The van der Waals surface area contributed by atoms with Gasteiger partial charge in [-0.05, 0) is 96.5 Å². The molecule has 0 heteroatoms. The van der Waals surface area contributed by atoms with Gasteiger partial charge in [-0.2, -0.15) is 0 Å². The van der Waals surface area contributed by atoms with Crippen LogP contribution in [0.15, 0.2) is 60.7 Å². The Morgan fingerprint density at radius 3 is 2.06 bits per heavy atom. The van der Waals surface area contributed by atoms with E-state index >= 15 is 0 Å². The maximum Gasteiger partial charge on any atom is 0.0255 e. The van der Waals surface area contributed by atoms with Crippen molar-refractivity contribution in [2.75, 3.05) is 0 Å². The average molecular weight is 465 g/mol. The third kappa shape index (κ3) is 7.73. The Bertz CT molecular complexity index is 1100. The Labute approximate surface area is 214 Å². The lowest BCUT2D eigenvalue weighted by Gasteiger charge is -2.28. The minimum Gasteiger partial charge on any atom is -0.0654 e. The van der Waals surface area contributed by atoms with E-state index < -0.39 is 0 Å². The van der Waals surface area contributed by atoms with E-state index in [2.05, 4.69) is 86.4 Å². The number of rotatable bonds is 10. The van der Waals surface area contributed by atoms with Gasteiger partial charge in [0.2, 0.25) is 0 Å². The molecular formula is C35H44. The van der Waals surface area contributed by atoms with E-state index in [9.17, 15) is 0 Å². The van der Waals surface area contributed by atoms with Crippen molar-refractivity contribution >= 4 is 10.8 Å². The maximum atomic E-state index is 3.40. The van der Waals surface area contributed by atoms with Crippen LogP contribution < -0.4 is 0 Å². The van der Waals surface area contributed by atoms with Gasteiger partial charge in [0.15, 0.2) is 0 Å². The highest BCUT2D eigenvalue weighted by atomic mass is 14.3. The topological polar surface area (TPSA) is 0 Å². The minimum absolute atomic E-state index is 0.747. The molecule has 0 spiro atoms. The fourth-order valence-electron chi connectivity index (χ4n) is 5.81. The summed E-state index contributed by atoms with van der Waals surface area (Å²) in [7, 11) is 0. The highest BCUT2D eigenvalue weighted by molar-refractivity contribution is 5.84. The lowest BCUT2D eigenvalue weighted by atomic mass is 9.77. The molecule has 0 bridgehead atoms. The van der Waals surface area contributed by atoms with Crippen LogP contribution in [0.25, 0.3) is 10.8 Å². The second-order valence-electron chi connectivity index (χ2n) is 10.8. The average Bonchev–Trinajstić information content (AvgIpc) is 2.90. The standard InChI is InChI=1S/C35H44/c1-3-5-6-7-8-9-11-30-18-24-35-27-31(19-25-34(35)26-30)13-12-29-16-22-33(23-17-29)32-20-14-28(10-4-2)15-21-32/h16-19,22-28,32H,3-11,14-15,20-21H2,1-2H3. The Balaban J connectivity index is 1.32. The van der Waals surface area contributed by atoms with Gasteiger partial charge in [-0.3, -0.25) is 0 Å². The number of aryl methyl sites for hydroxylation is 1. The molecule has 0 N–H and O–H groups in total. The van der Waals surface area contributed by atoms with E-state index in [1.807, 2.05) is 0 Å². The van der Waals surface area contributed by atoms with Crippen molar-refractivity contribution in [3.63, 3.8) is 0 Å². The largest absolute Gasteiger partial charge is 0.0654 e. The normalized spacial score (nSPS) is 17.8. The summed E-state index contributed by atoms with van der Waals surface area (Å²) < 4.78 is 0. The monoisotopic (exact) mass is 464 g/mol. The van der Waals surface area contributed by atoms with Gasteiger partial charge in [0.05, 0.1) is 0 Å². The lowest BCUT2D eigenvalue weighted by Crippen LogP contribution is -2.13. The molecule has 1 aliphatic carbocycles. The van der Waals surface area contributed by atoms with Gasteiger partial charge in [-0.1, -0.05) is 107 Å². The third-order valence-electron chi connectivity index (χ3n) is 8.00. The van der Waals surface area contributed by atoms with E-state index in [-0.39, 0.29) is 0 Å². The Hall–Kier alpha value is -2.52. The van der Waals surface area contributed by atoms with Crippen molar-refractivity contribution in [3.8, 4) is 11.8 Å². The Morgan fingerprint density at radius 2 is 1.29 bits per heavy atom. The van der Waals surface area contributed by atoms with Crippen molar-refractivity contribution in [2.24, 2.45) is 5.92 Å². The molecule has 0 aliphatic heterocycles. The first-order valence-corrected chi connectivity index (χ1v) is 14.4. The van der Waals surface area contributed by atoms with Crippen LogP contribution in [0, 0.1) is 17.8 Å². The van der Waals surface area contributed by atoms with Gasteiger partial charge in [0.25, 0.3) is 0 Å². The molecule has 1 aliphatic rings. The van der Waals surface area contributed by atoms with Gasteiger partial charge in [-0.25, -0.2) is 0 Å². The minimum atomic E-state index is 0.747. The predicted octanol–water partition coefficient (Wildman–Crippen LogP) is 10.2. The molecule has 0 aromatic heterocycles. The molecule has 1 fully saturated rings. The highest BCUT2D eigenvalue weighted by Crippen LogP contribution is 2.37. The summed E-state index contributed by atoms with van der Waals surface area (Å²) in [5.74, 6) is 8.50. The summed E-state index contributed by atoms with van der Waals surface area (Å²) in [6.45, 7) is 4.60. The second kappa shape index (κ2) is 13.5. The van der Waals surface area contributed by atoms with Gasteiger partial charge >= 0.3 is 0 Å². The summed E-state index contributed by atoms with van der Waals surface area (Å²) in [5.41, 5.74) is 5.18. The highest BCUT2D eigenvalue weighted by Gasteiger charge is 2.21. The molecule has 0 atom stereocenters. The third-order valence-corrected chi connectivity index (χ3v) is 8.00. The molecule has 0 unspecified atom stereocenters. The zero-order valence-electron chi connectivity index (χ0n) is 22.1. The van der Waals surface area contributed by atoms with Crippen molar-refractivity contribution in [2.45, 2.75) is 103 Å². The zero-order valence-corrected chi connectivity index (χ0v) is 22.1. The van der Waals surface area contributed by atoms with Crippen LogP contribution in [0.4, 0.5) is 0 Å². The molecule has 184 valence electrons. The molecule has 0 amide bonds. The fourth-order valence-corrected chi connectivity index (χ4v) is 5.81. The van der Waals surface area contributed by atoms with E-state index in [0.29, 0.717) is 0 Å².